The molecule has 1 aromatic carbocycles. The molecular formula is C13H14N6S. The minimum Gasteiger partial charge on any atom is -0.337 e. The van der Waals surface area contributed by atoms with Crippen molar-refractivity contribution in [3.8, 4) is 5.69 Å². The van der Waals surface area contributed by atoms with E-state index in [0.29, 0.717) is 5.95 Å². The van der Waals surface area contributed by atoms with Gasteiger partial charge in [0.2, 0.25) is 5.95 Å². The average Bonchev–Trinajstić information content (AvgIpc) is 3.09. The van der Waals surface area contributed by atoms with Crippen LogP contribution in [0.1, 0.15) is 9.88 Å². The van der Waals surface area contributed by atoms with Gasteiger partial charge in [-0.25, -0.2) is 4.98 Å². The summed E-state index contributed by atoms with van der Waals surface area (Å²) in [6.45, 7) is 2.74. The zero-order valence-electron chi connectivity index (χ0n) is 11.3. The van der Waals surface area contributed by atoms with Crippen LogP contribution in [0.5, 0.6) is 0 Å². The van der Waals surface area contributed by atoms with Crippen LogP contribution in [0.3, 0.4) is 0 Å². The molecule has 7 heteroatoms. The normalized spacial score (nSPS) is 10.7. The number of para-hydroxylation sites is 1. The van der Waals surface area contributed by atoms with Crippen LogP contribution in [0, 0.1) is 6.92 Å². The van der Waals surface area contributed by atoms with Crippen LogP contribution in [0.15, 0.2) is 36.5 Å². The number of thiazole rings is 1. The Morgan fingerprint density at radius 2 is 2.05 bits per heavy atom. The number of tetrazole rings is 1. The molecule has 3 aromatic rings. The first-order valence-electron chi connectivity index (χ1n) is 6.20. The summed E-state index contributed by atoms with van der Waals surface area (Å²) in [6.07, 6.45) is 1.90. The van der Waals surface area contributed by atoms with Gasteiger partial charge < -0.3 is 4.90 Å². The maximum atomic E-state index is 4.26. The first kappa shape index (κ1) is 12.7. The number of aromatic nitrogens is 5. The Bertz CT molecular complexity index is 690. The highest BCUT2D eigenvalue weighted by atomic mass is 32.1. The van der Waals surface area contributed by atoms with Crippen LogP contribution in [0.25, 0.3) is 5.69 Å². The smallest absolute Gasteiger partial charge is 0.250 e. The maximum absolute atomic E-state index is 4.26. The van der Waals surface area contributed by atoms with E-state index in [1.165, 1.54) is 4.88 Å². The second kappa shape index (κ2) is 5.38. The van der Waals surface area contributed by atoms with Crippen molar-refractivity contribution in [2.24, 2.45) is 0 Å². The predicted octanol–water partition coefficient (Wildman–Crippen LogP) is 2.06. The minimum absolute atomic E-state index is 0.710. The fraction of sp³-hybridized carbons (Fsp3) is 0.231. The second-order valence-electron chi connectivity index (χ2n) is 4.43. The van der Waals surface area contributed by atoms with Crippen LogP contribution >= 0.6 is 11.3 Å². The molecule has 0 atom stereocenters. The van der Waals surface area contributed by atoms with E-state index in [0.717, 1.165) is 17.2 Å². The lowest BCUT2D eigenvalue weighted by Gasteiger charge is -2.16. The van der Waals surface area contributed by atoms with E-state index in [2.05, 4.69) is 20.5 Å². The van der Waals surface area contributed by atoms with Crippen LogP contribution in [-0.4, -0.2) is 32.2 Å². The van der Waals surface area contributed by atoms with Crippen LogP contribution in [0.2, 0.25) is 0 Å². The van der Waals surface area contributed by atoms with Crippen molar-refractivity contribution in [3.05, 3.63) is 46.4 Å². The summed E-state index contributed by atoms with van der Waals surface area (Å²) in [5.41, 5.74) is 0.944. The number of hydrogen-bond acceptors (Lipinski definition) is 6. The number of hydrogen-bond donors (Lipinski definition) is 0. The summed E-state index contributed by atoms with van der Waals surface area (Å²) in [7, 11) is 1.97. The van der Waals surface area contributed by atoms with E-state index in [9.17, 15) is 0 Å². The highest BCUT2D eigenvalue weighted by Crippen LogP contribution is 2.18. The molecule has 0 bridgehead atoms. The van der Waals surface area contributed by atoms with Gasteiger partial charge in [-0.2, -0.15) is 4.68 Å². The van der Waals surface area contributed by atoms with E-state index in [-0.39, 0.29) is 0 Å². The molecule has 0 radical (unpaired) electrons. The van der Waals surface area contributed by atoms with Gasteiger partial charge in [0.25, 0.3) is 0 Å². The zero-order valence-corrected chi connectivity index (χ0v) is 12.1. The lowest BCUT2D eigenvalue weighted by molar-refractivity contribution is 0.773. The Morgan fingerprint density at radius 1 is 1.25 bits per heavy atom. The van der Waals surface area contributed by atoms with Crippen molar-refractivity contribution in [2.45, 2.75) is 13.5 Å². The van der Waals surface area contributed by atoms with Crippen molar-refractivity contribution in [2.75, 3.05) is 11.9 Å². The molecule has 0 N–H and O–H groups in total. The first-order chi connectivity index (χ1) is 9.74. The standard InChI is InChI=1S/C13H14N6S/c1-10-14-8-12(20-10)9-18(2)13-15-16-17-19(13)11-6-4-3-5-7-11/h3-8H,9H2,1-2H3. The molecule has 0 spiro atoms. The van der Waals surface area contributed by atoms with E-state index >= 15 is 0 Å². The Morgan fingerprint density at radius 3 is 2.75 bits per heavy atom. The van der Waals surface area contributed by atoms with E-state index < -0.39 is 0 Å². The van der Waals surface area contributed by atoms with Gasteiger partial charge >= 0.3 is 0 Å². The predicted molar refractivity (Wildman–Crippen MR) is 78.1 cm³/mol. The summed E-state index contributed by atoms with van der Waals surface area (Å²) in [6, 6.07) is 9.85. The van der Waals surface area contributed by atoms with E-state index in [1.54, 1.807) is 16.0 Å². The van der Waals surface area contributed by atoms with E-state index in [1.807, 2.05) is 55.4 Å². The average molecular weight is 286 g/mol. The quantitative estimate of drug-likeness (QED) is 0.734. The molecule has 0 aliphatic carbocycles. The fourth-order valence-corrected chi connectivity index (χ4v) is 2.79. The van der Waals surface area contributed by atoms with Crippen LogP contribution in [-0.2, 0) is 6.54 Å². The number of aryl methyl sites for hydroxylation is 1. The Kier molecular flexibility index (Phi) is 3.42. The lowest BCUT2D eigenvalue weighted by atomic mass is 10.3. The maximum Gasteiger partial charge on any atom is 0.250 e. The third-order valence-electron chi connectivity index (χ3n) is 2.86. The molecule has 0 amide bonds. The van der Waals surface area contributed by atoms with Gasteiger partial charge in [0.15, 0.2) is 0 Å². The third kappa shape index (κ3) is 2.53. The van der Waals surface area contributed by atoms with Gasteiger partial charge in [0.05, 0.1) is 17.2 Å². The molecule has 3 rings (SSSR count). The molecule has 0 saturated carbocycles. The van der Waals surface area contributed by atoms with E-state index in [4.69, 9.17) is 0 Å². The van der Waals surface area contributed by atoms with Gasteiger partial charge in [0.1, 0.15) is 0 Å². The Labute approximate surface area is 120 Å². The largest absolute Gasteiger partial charge is 0.337 e. The number of benzene rings is 1. The molecule has 2 aromatic heterocycles. The van der Waals surface area contributed by atoms with Gasteiger partial charge in [0, 0.05) is 18.1 Å². The topological polar surface area (TPSA) is 59.7 Å². The highest BCUT2D eigenvalue weighted by Gasteiger charge is 2.13. The van der Waals surface area contributed by atoms with Crippen molar-refractivity contribution in [1.29, 1.82) is 0 Å². The molecule has 0 fully saturated rings. The summed E-state index contributed by atoms with van der Waals surface area (Å²) in [5.74, 6) is 0.710. The molecule has 20 heavy (non-hydrogen) atoms. The summed E-state index contributed by atoms with van der Waals surface area (Å²) < 4.78 is 1.73. The molecule has 102 valence electrons. The van der Waals surface area contributed by atoms with Crippen molar-refractivity contribution >= 4 is 17.3 Å². The monoisotopic (exact) mass is 286 g/mol. The summed E-state index contributed by atoms with van der Waals surface area (Å²) in [5, 5.41) is 13.0. The van der Waals surface area contributed by atoms with Gasteiger partial charge in [-0.05, 0) is 29.5 Å². The Balaban J connectivity index is 1.86. The molecule has 6 nitrogen and oxygen atoms in total. The molecule has 0 saturated heterocycles. The number of nitrogens with zero attached hydrogens (tertiary/aromatic N) is 6. The van der Waals surface area contributed by atoms with Gasteiger partial charge in [-0.15, -0.1) is 11.3 Å². The van der Waals surface area contributed by atoms with Gasteiger partial charge in [-0.3, -0.25) is 0 Å². The first-order valence-corrected chi connectivity index (χ1v) is 7.02. The minimum atomic E-state index is 0.710. The SMILES string of the molecule is Cc1ncc(CN(C)c2nnnn2-c2ccccc2)s1. The van der Waals surface area contributed by atoms with Crippen molar-refractivity contribution in [1.82, 2.24) is 25.2 Å². The molecule has 0 aliphatic rings. The van der Waals surface area contributed by atoms with Crippen LogP contribution < -0.4 is 4.90 Å². The zero-order chi connectivity index (χ0) is 13.9. The van der Waals surface area contributed by atoms with Crippen LogP contribution in [0.4, 0.5) is 5.95 Å². The number of rotatable bonds is 4. The van der Waals surface area contributed by atoms with Gasteiger partial charge in [-0.1, -0.05) is 23.3 Å². The molecular weight excluding hydrogens is 272 g/mol. The second-order valence-corrected chi connectivity index (χ2v) is 5.75. The number of anilines is 1. The summed E-state index contributed by atoms with van der Waals surface area (Å²) in [4.78, 5) is 7.47. The molecule has 0 aliphatic heterocycles. The summed E-state index contributed by atoms with van der Waals surface area (Å²) >= 11 is 1.68. The molecule has 0 unspecified atom stereocenters. The fourth-order valence-electron chi connectivity index (χ4n) is 1.94. The Hall–Kier alpha value is -2.28. The lowest BCUT2D eigenvalue weighted by Crippen LogP contribution is -2.20. The van der Waals surface area contributed by atoms with Crippen molar-refractivity contribution < 1.29 is 0 Å². The third-order valence-corrected chi connectivity index (χ3v) is 3.75. The molecule has 2 heterocycles. The highest BCUT2D eigenvalue weighted by molar-refractivity contribution is 7.11. The van der Waals surface area contributed by atoms with Crippen molar-refractivity contribution in [3.63, 3.8) is 0 Å².